The number of benzene rings is 2. The summed E-state index contributed by atoms with van der Waals surface area (Å²) in [7, 11) is 4.66. The average molecular weight is 423 g/mol. The molecule has 1 amide bonds. The van der Waals surface area contributed by atoms with Crippen molar-refractivity contribution >= 4 is 11.7 Å². The van der Waals surface area contributed by atoms with Crippen molar-refractivity contribution in [2.75, 3.05) is 21.3 Å². The molecule has 1 heterocycles. The molecule has 0 spiro atoms. The van der Waals surface area contributed by atoms with Crippen LogP contribution in [0.1, 0.15) is 42.2 Å². The molecule has 7 heteroatoms. The van der Waals surface area contributed by atoms with Gasteiger partial charge >= 0.3 is 0 Å². The zero-order chi connectivity index (χ0) is 22.1. The van der Waals surface area contributed by atoms with Gasteiger partial charge in [0.25, 0.3) is 0 Å². The van der Waals surface area contributed by atoms with Crippen LogP contribution >= 0.6 is 0 Å². The predicted octanol–water partition coefficient (Wildman–Crippen LogP) is 3.42. The van der Waals surface area contributed by atoms with Gasteiger partial charge in [0.2, 0.25) is 5.91 Å². The lowest BCUT2D eigenvalue weighted by atomic mass is 9.73. The van der Waals surface area contributed by atoms with E-state index >= 15 is 0 Å². The topological polar surface area (TPSA) is 94.1 Å². The Balaban J connectivity index is 1.74. The first-order valence-corrected chi connectivity index (χ1v) is 10.1. The fourth-order valence-corrected chi connectivity index (χ4v) is 4.53. The average Bonchev–Trinajstić information content (AvgIpc) is 2.78. The zero-order valence-electron chi connectivity index (χ0n) is 17.7. The van der Waals surface area contributed by atoms with E-state index in [2.05, 4.69) is 5.32 Å². The maximum atomic E-state index is 13.3. The van der Waals surface area contributed by atoms with Crippen LogP contribution < -0.4 is 19.5 Å². The number of hydrogen-bond donors (Lipinski definition) is 2. The summed E-state index contributed by atoms with van der Waals surface area (Å²) in [6, 6.07) is 10.5. The van der Waals surface area contributed by atoms with E-state index in [0.29, 0.717) is 41.4 Å². The molecule has 0 saturated carbocycles. The molecule has 0 fully saturated rings. The summed E-state index contributed by atoms with van der Waals surface area (Å²) in [5.41, 5.74) is 2.93. The standard InChI is InChI=1S/C24H25NO6/c1-29-15-5-7-21(30-2)16(11-15)14-8-18-24(20(27)9-14)17(12-23(28)25-18)13-4-6-19(26)22(10-13)31-3/h4-7,10-11,14,17,26H,8-9,12H2,1-3H3,(H,25,28)/t14-,17-/m0/s1. The largest absolute Gasteiger partial charge is 0.504 e. The highest BCUT2D eigenvalue weighted by molar-refractivity contribution is 6.02. The Morgan fingerprint density at radius 2 is 1.68 bits per heavy atom. The molecule has 0 bridgehead atoms. The Bertz CT molecular complexity index is 1070. The van der Waals surface area contributed by atoms with Gasteiger partial charge in [0.1, 0.15) is 11.5 Å². The molecule has 0 aromatic heterocycles. The molecule has 0 saturated heterocycles. The van der Waals surface area contributed by atoms with E-state index in [0.717, 1.165) is 11.1 Å². The molecule has 7 nitrogen and oxygen atoms in total. The van der Waals surface area contributed by atoms with Gasteiger partial charge < -0.3 is 24.6 Å². The van der Waals surface area contributed by atoms with Crippen LogP contribution in [-0.2, 0) is 9.59 Å². The van der Waals surface area contributed by atoms with Crippen LogP contribution in [0.3, 0.4) is 0 Å². The Morgan fingerprint density at radius 1 is 0.903 bits per heavy atom. The molecule has 1 aliphatic carbocycles. The van der Waals surface area contributed by atoms with Gasteiger partial charge in [-0.25, -0.2) is 0 Å². The van der Waals surface area contributed by atoms with Crippen molar-refractivity contribution in [2.24, 2.45) is 0 Å². The molecule has 2 aromatic rings. The molecule has 2 N–H and O–H groups in total. The third-order valence-corrected chi connectivity index (χ3v) is 6.02. The van der Waals surface area contributed by atoms with Crippen LogP contribution in [0.5, 0.6) is 23.0 Å². The van der Waals surface area contributed by atoms with E-state index < -0.39 is 0 Å². The number of rotatable bonds is 5. The van der Waals surface area contributed by atoms with E-state index in [1.54, 1.807) is 26.4 Å². The van der Waals surface area contributed by atoms with Gasteiger partial charge in [-0.2, -0.15) is 0 Å². The number of phenols is 1. The van der Waals surface area contributed by atoms with Gasteiger partial charge in [-0.3, -0.25) is 9.59 Å². The lowest BCUT2D eigenvalue weighted by Gasteiger charge is -2.35. The van der Waals surface area contributed by atoms with Crippen LogP contribution in [-0.4, -0.2) is 38.1 Å². The van der Waals surface area contributed by atoms with E-state index in [9.17, 15) is 14.7 Å². The summed E-state index contributed by atoms with van der Waals surface area (Å²) in [6.45, 7) is 0. The second-order valence-corrected chi connectivity index (χ2v) is 7.76. The first-order valence-electron chi connectivity index (χ1n) is 10.1. The number of carbonyl (C=O) groups excluding carboxylic acids is 2. The lowest BCUT2D eigenvalue weighted by molar-refractivity contribution is -0.122. The molecule has 2 aliphatic rings. The summed E-state index contributed by atoms with van der Waals surface area (Å²) >= 11 is 0. The van der Waals surface area contributed by atoms with Crippen molar-refractivity contribution in [2.45, 2.75) is 31.1 Å². The van der Waals surface area contributed by atoms with Gasteiger partial charge in [-0.15, -0.1) is 0 Å². The van der Waals surface area contributed by atoms with E-state index in [1.165, 1.54) is 13.2 Å². The highest BCUT2D eigenvalue weighted by Gasteiger charge is 2.39. The number of methoxy groups -OCH3 is 3. The van der Waals surface area contributed by atoms with Crippen molar-refractivity contribution < 1.29 is 28.9 Å². The normalized spacial score (nSPS) is 20.7. The molecule has 2 atom stereocenters. The molecular weight excluding hydrogens is 398 g/mol. The first-order chi connectivity index (χ1) is 14.9. The van der Waals surface area contributed by atoms with Crippen molar-refractivity contribution in [3.8, 4) is 23.0 Å². The highest BCUT2D eigenvalue weighted by atomic mass is 16.5. The fourth-order valence-electron chi connectivity index (χ4n) is 4.53. The quantitative estimate of drug-likeness (QED) is 0.765. The second kappa shape index (κ2) is 8.34. The summed E-state index contributed by atoms with van der Waals surface area (Å²) in [5.74, 6) is 1.04. The molecule has 4 rings (SSSR count). The number of aromatic hydroxyl groups is 1. The number of nitrogens with one attached hydrogen (secondary N) is 1. The van der Waals surface area contributed by atoms with Crippen molar-refractivity contribution in [1.29, 1.82) is 0 Å². The molecular formula is C24H25NO6. The lowest BCUT2D eigenvalue weighted by Crippen LogP contribution is -2.38. The number of ether oxygens (including phenoxy) is 3. The minimum atomic E-state index is -0.376. The number of hydrogen-bond acceptors (Lipinski definition) is 6. The van der Waals surface area contributed by atoms with E-state index in [-0.39, 0.29) is 35.7 Å². The minimum Gasteiger partial charge on any atom is -0.504 e. The zero-order valence-corrected chi connectivity index (χ0v) is 17.7. The summed E-state index contributed by atoms with van der Waals surface area (Å²) in [5, 5.41) is 12.8. The predicted molar refractivity (Wildman–Crippen MR) is 114 cm³/mol. The number of phenolic OH excluding ortho intramolecular Hbond substituents is 1. The maximum Gasteiger partial charge on any atom is 0.225 e. The molecule has 0 unspecified atom stereocenters. The highest BCUT2D eigenvalue weighted by Crippen LogP contribution is 2.45. The number of Topliss-reactive ketones (excluding diaryl/α,β-unsaturated/α-hetero) is 1. The number of ketones is 1. The Labute approximate surface area is 180 Å². The number of allylic oxidation sites excluding steroid dienone is 2. The Morgan fingerprint density at radius 3 is 2.39 bits per heavy atom. The monoisotopic (exact) mass is 423 g/mol. The molecule has 162 valence electrons. The van der Waals surface area contributed by atoms with Gasteiger partial charge in [-0.1, -0.05) is 6.07 Å². The summed E-state index contributed by atoms with van der Waals surface area (Å²) in [6.07, 6.45) is 0.998. The van der Waals surface area contributed by atoms with Crippen LogP contribution in [0.25, 0.3) is 0 Å². The van der Waals surface area contributed by atoms with E-state index in [4.69, 9.17) is 14.2 Å². The van der Waals surface area contributed by atoms with Gasteiger partial charge in [0.15, 0.2) is 17.3 Å². The number of amides is 1. The second-order valence-electron chi connectivity index (χ2n) is 7.76. The smallest absolute Gasteiger partial charge is 0.225 e. The molecule has 31 heavy (non-hydrogen) atoms. The van der Waals surface area contributed by atoms with Gasteiger partial charge in [0, 0.05) is 41.5 Å². The van der Waals surface area contributed by atoms with Gasteiger partial charge in [0.05, 0.1) is 21.3 Å². The van der Waals surface area contributed by atoms with Gasteiger partial charge in [-0.05, 0) is 42.3 Å². The van der Waals surface area contributed by atoms with Crippen LogP contribution in [0.2, 0.25) is 0 Å². The van der Waals surface area contributed by atoms with Crippen LogP contribution in [0.4, 0.5) is 0 Å². The van der Waals surface area contributed by atoms with Crippen molar-refractivity contribution in [1.82, 2.24) is 5.32 Å². The van der Waals surface area contributed by atoms with Crippen LogP contribution in [0, 0.1) is 0 Å². The SMILES string of the molecule is COc1ccc(OC)c([C@@H]2CC(=O)C3=C(C2)NC(=O)C[C@H]3c2ccc(O)c(OC)c2)c1. The Kier molecular flexibility index (Phi) is 5.59. The molecule has 1 aliphatic heterocycles. The van der Waals surface area contributed by atoms with E-state index in [1.807, 2.05) is 18.2 Å². The summed E-state index contributed by atoms with van der Waals surface area (Å²) < 4.78 is 16.1. The van der Waals surface area contributed by atoms with Crippen LogP contribution in [0.15, 0.2) is 47.7 Å². The first kappa shape index (κ1) is 20.8. The maximum absolute atomic E-state index is 13.3. The third kappa shape index (κ3) is 3.83. The molecule has 2 aromatic carbocycles. The van der Waals surface area contributed by atoms with Crippen molar-refractivity contribution in [3.63, 3.8) is 0 Å². The third-order valence-electron chi connectivity index (χ3n) is 6.02. The summed E-state index contributed by atoms with van der Waals surface area (Å²) in [4.78, 5) is 25.8. The molecule has 0 radical (unpaired) electrons. The minimum absolute atomic E-state index is 0.00633. The fraction of sp³-hybridized carbons (Fsp3) is 0.333. The Hall–Kier alpha value is -3.48. The van der Waals surface area contributed by atoms with Crippen molar-refractivity contribution in [3.05, 3.63) is 58.8 Å². The number of carbonyl (C=O) groups is 2.